The smallest absolute Gasteiger partial charge is 0.251 e. The van der Waals surface area contributed by atoms with E-state index in [1.807, 2.05) is 0 Å². The third-order valence-electron chi connectivity index (χ3n) is 3.32. The maximum atomic E-state index is 12.2. The van der Waals surface area contributed by atoms with Crippen LogP contribution in [-0.4, -0.2) is 32.3 Å². The minimum absolute atomic E-state index is 0.108. The lowest BCUT2D eigenvalue weighted by molar-refractivity contribution is 0.0956. The maximum absolute atomic E-state index is 12.2. The quantitative estimate of drug-likeness (QED) is 0.825. The van der Waals surface area contributed by atoms with Gasteiger partial charge in [-0.05, 0) is 41.0 Å². The van der Waals surface area contributed by atoms with Gasteiger partial charge in [-0.15, -0.1) is 0 Å². The summed E-state index contributed by atoms with van der Waals surface area (Å²) in [4.78, 5) is 12.2. The molecule has 0 saturated carbocycles. The summed E-state index contributed by atoms with van der Waals surface area (Å²) >= 11 is 3.39. The molecular formula is C14H15BrN2O3. The molecule has 2 N–H and O–H groups in total. The number of hydrogen-bond donors (Lipinski definition) is 2. The number of benzene rings is 1. The Hall–Kier alpha value is -1.53. The molecule has 0 aliphatic carbocycles. The molecule has 0 unspecified atom stereocenters. The van der Waals surface area contributed by atoms with Crippen LogP contribution in [0.15, 0.2) is 28.3 Å². The van der Waals surface area contributed by atoms with Crippen LogP contribution in [0.5, 0.6) is 11.5 Å². The van der Waals surface area contributed by atoms with Crippen LogP contribution >= 0.6 is 15.9 Å². The lowest BCUT2D eigenvalue weighted by Gasteiger charge is -2.14. The molecular weight excluding hydrogens is 324 g/mol. The molecule has 0 spiro atoms. The van der Waals surface area contributed by atoms with E-state index < -0.39 is 0 Å². The van der Waals surface area contributed by atoms with E-state index in [1.165, 1.54) is 5.57 Å². The van der Waals surface area contributed by atoms with Gasteiger partial charge in [-0.1, -0.05) is 11.6 Å². The summed E-state index contributed by atoms with van der Waals surface area (Å²) in [6, 6.07) is 3.46. The molecule has 2 aliphatic heterocycles. The first kappa shape index (κ1) is 13.5. The van der Waals surface area contributed by atoms with Crippen LogP contribution in [0.3, 0.4) is 0 Å². The molecule has 2 aliphatic rings. The normalized spacial score (nSPS) is 16.8. The number of rotatable bonds is 3. The number of amides is 1. The number of ether oxygens (including phenoxy) is 2. The molecule has 3 rings (SSSR count). The second kappa shape index (κ2) is 5.85. The molecule has 20 heavy (non-hydrogen) atoms. The lowest BCUT2D eigenvalue weighted by atomic mass is 10.1. The zero-order chi connectivity index (χ0) is 13.9. The minimum Gasteiger partial charge on any atom is -0.454 e. The molecule has 6 heteroatoms. The molecule has 0 bridgehead atoms. The zero-order valence-corrected chi connectivity index (χ0v) is 12.5. The summed E-state index contributed by atoms with van der Waals surface area (Å²) < 4.78 is 11.3. The topological polar surface area (TPSA) is 59.6 Å². The van der Waals surface area contributed by atoms with Gasteiger partial charge < -0.3 is 20.1 Å². The fraction of sp³-hybridized carbons (Fsp3) is 0.357. The van der Waals surface area contributed by atoms with E-state index in [9.17, 15) is 4.79 Å². The molecule has 0 aromatic heterocycles. The average Bonchev–Trinajstić information content (AvgIpc) is 2.95. The lowest BCUT2D eigenvalue weighted by Crippen LogP contribution is -2.29. The standard InChI is InChI=1S/C14H15BrN2O3/c15-11-5-10(6-12-13(11)20-8-19-12)14(18)17-7-9-1-3-16-4-2-9/h1,5-6,16H,2-4,7-8H2,(H,17,18). The first-order valence-electron chi connectivity index (χ1n) is 6.50. The van der Waals surface area contributed by atoms with Crippen LogP contribution in [-0.2, 0) is 0 Å². The Labute approximate surface area is 125 Å². The first-order chi connectivity index (χ1) is 9.74. The molecule has 1 aromatic rings. The Morgan fingerprint density at radius 3 is 3.10 bits per heavy atom. The molecule has 1 amide bonds. The predicted molar refractivity (Wildman–Crippen MR) is 78.2 cm³/mol. The van der Waals surface area contributed by atoms with E-state index in [1.54, 1.807) is 12.1 Å². The molecule has 2 heterocycles. The van der Waals surface area contributed by atoms with Gasteiger partial charge in [0.25, 0.3) is 5.91 Å². The Balaban J connectivity index is 1.68. The second-order valence-corrected chi connectivity index (χ2v) is 5.55. The maximum Gasteiger partial charge on any atom is 0.251 e. The van der Waals surface area contributed by atoms with E-state index in [0.717, 1.165) is 24.0 Å². The molecule has 0 fully saturated rings. The molecule has 0 saturated heterocycles. The fourth-order valence-electron chi connectivity index (χ4n) is 2.22. The average molecular weight is 339 g/mol. The van der Waals surface area contributed by atoms with Crippen LogP contribution in [0.25, 0.3) is 0 Å². The number of carbonyl (C=O) groups excluding carboxylic acids is 1. The monoisotopic (exact) mass is 338 g/mol. The van der Waals surface area contributed by atoms with E-state index in [0.29, 0.717) is 23.6 Å². The summed E-state index contributed by atoms with van der Waals surface area (Å²) in [5.74, 6) is 1.15. The van der Waals surface area contributed by atoms with Gasteiger partial charge >= 0.3 is 0 Å². The van der Waals surface area contributed by atoms with Crippen molar-refractivity contribution >= 4 is 21.8 Å². The van der Waals surface area contributed by atoms with Crippen LogP contribution in [0.2, 0.25) is 0 Å². The van der Waals surface area contributed by atoms with Crippen LogP contribution in [0.1, 0.15) is 16.8 Å². The molecule has 0 atom stereocenters. The highest BCUT2D eigenvalue weighted by molar-refractivity contribution is 9.10. The van der Waals surface area contributed by atoms with Gasteiger partial charge in [-0.25, -0.2) is 0 Å². The van der Waals surface area contributed by atoms with Crippen molar-refractivity contribution in [3.8, 4) is 11.5 Å². The fourth-order valence-corrected chi connectivity index (χ4v) is 2.78. The van der Waals surface area contributed by atoms with E-state index in [-0.39, 0.29) is 12.7 Å². The van der Waals surface area contributed by atoms with Crippen molar-refractivity contribution in [3.05, 3.63) is 33.8 Å². The van der Waals surface area contributed by atoms with Crippen LogP contribution < -0.4 is 20.1 Å². The van der Waals surface area contributed by atoms with E-state index >= 15 is 0 Å². The number of nitrogens with one attached hydrogen (secondary N) is 2. The van der Waals surface area contributed by atoms with Crippen molar-refractivity contribution in [1.29, 1.82) is 0 Å². The largest absolute Gasteiger partial charge is 0.454 e. The number of carbonyl (C=O) groups is 1. The molecule has 0 radical (unpaired) electrons. The highest BCUT2D eigenvalue weighted by atomic mass is 79.9. The van der Waals surface area contributed by atoms with Crippen molar-refractivity contribution in [2.45, 2.75) is 6.42 Å². The van der Waals surface area contributed by atoms with Gasteiger partial charge in [0.05, 0.1) is 4.47 Å². The number of fused-ring (bicyclic) bond motifs is 1. The Kier molecular flexibility index (Phi) is 3.93. The summed E-state index contributed by atoms with van der Waals surface area (Å²) in [6.07, 6.45) is 3.10. The van der Waals surface area contributed by atoms with Gasteiger partial charge in [-0.3, -0.25) is 4.79 Å². The van der Waals surface area contributed by atoms with Gasteiger partial charge in [0.15, 0.2) is 11.5 Å². The van der Waals surface area contributed by atoms with E-state index in [4.69, 9.17) is 9.47 Å². The van der Waals surface area contributed by atoms with Crippen molar-refractivity contribution in [2.24, 2.45) is 0 Å². The minimum atomic E-state index is -0.108. The summed E-state index contributed by atoms with van der Waals surface area (Å²) in [6.45, 7) is 2.63. The summed E-state index contributed by atoms with van der Waals surface area (Å²) in [7, 11) is 0. The summed E-state index contributed by atoms with van der Waals surface area (Å²) in [5, 5.41) is 6.18. The van der Waals surface area contributed by atoms with Gasteiger partial charge in [0.1, 0.15) is 0 Å². The van der Waals surface area contributed by atoms with E-state index in [2.05, 4.69) is 32.6 Å². The van der Waals surface area contributed by atoms with Crippen molar-refractivity contribution in [2.75, 3.05) is 26.4 Å². The first-order valence-corrected chi connectivity index (χ1v) is 7.29. The highest BCUT2D eigenvalue weighted by Crippen LogP contribution is 2.39. The van der Waals surface area contributed by atoms with Crippen LogP contribution in [0.4, 0.5) is 0 Å². The third-order valence-corrected chi connectivity index (χ3v) is 3.91. The SMILES string of the molecule is O=C(NCC1=CCNCC1)c1cc(Br)c2c(c1)OCO2. The zero-order valence-electron chi connectivity index (χ0n) is 10.9. The number of halogens is 1. The summed E-state index contributed by atoms with van der Waals surface area (Å²) in [5.41, 5.74) is 1.83. The Morgan fingerprint density at radius 1 is 1.40 bits per heavy atom. The number of hydrogen-bond acceptors (Lipinski definition) is 4. The van der Waals surface area contributed by atoms with Crippen molar-refractivity contribution in [1.82, 2.24) is 10.6 Å². The van der Waals surface area contributed by atoms with Crippen molar-refractivity contribution in [3.63, 3.8) is 0 Å². The van der Waals surface area contributed by atoms with Crippen LogP contribution in [0, 0.1) is 0 Å². The Morgan fingerprint density at radius 2 is 2.30 bits per heavy atom. The molecule has 5 nitrogen and oxygen atoms in total. The van der Waals surface area contributed by atoms with Crippen molar-refractivity contribution < 1.29 is 14.3 Å². The molecule has 1 aromatic carbocycles. The molecule has 106 valence electrons. The Bertz CT molecular complexity index is 572. The van der Waals surface area contributed by atoms with Gasteiger partial charge in [0, 0.05) is 18.7 Å². The second-order valence-electron chi connectivity index (χ2n) is 4.69. The highest BCUT2D eigenvalue weighted by Gasteiger charge is 2.20. The van der Waals surface area contributed by atoms with Gasteiger partial charge in [0.2, 0.25) is 6.79 Å². The third kappa shape index (κ3) is 2.81. The predicted octanol–water partition coefficient (Wildman–Crippen LogP) is 1.83. The van der Waals surface area contributed by atoms with Gasteiger partial charge in [-0.2, -0.15) is 0 Å².